The van der Waals surface area contributed by atoms with Crippen molar-refractivity contribution in [1.82, 2.24) is 0 Å². The fourth-order valence-corrected chi connectivity index (χ4v) is 8.60. The Labute approximate surface area is 458 Å². The zero-order valence-electron chi connectivity index (χ0n) is 48.3. The third-order valence-corrected chi connectivity index (χ3v) is 13.2. The highest BCUT2D eigenvalue weighted by molar-refractivity contribution is 5.70. The van der Waals surface area contributed by atoms with E-state index in [-0.39, 0.29) is 25.2 Å². The van der Waals surface area contributed by atoms with E-state index in [1.807, 2.05) is 0 Å². The van der Waals surface area contributed by atoms with E-state index in [9.17, 15) is 14.7 Å². The molecule has 5 nitrogen and oxygen atoms in total. The van der Waals surface area contributed by atoms with Gasteiger partial charge in [-0.1, -0.05) is 283 Å². The van der Waals surface area contributed by atoms with Crippen molar-refractivity contribution in [3.8, 4) is 0 Å². The van der Waals surface area contributed by atoms with Gasteiger partial charge in [0.05, 0.1) is 6.61 Å². The Morgan fingerprint density at radius 2 is 0.581 bits per heavy atom. The van der Waals surface area contributed by atoms with E-state index < -0.39 is 6.10 Å². The molecule has 0 rings (SSSR count). The van der Waals surface area contributed by atoms with E-state index in [2.05, 4.69) is 135 Å². The third kappa shape index (κ3) is 60.9. The second-order valence-corrected chi connectivity index (χ2v) is 20.4. The van der Waals surface area contributed by atoms with Crippen LogP contribution >= 0.6 is 0 Å². The molecule has 0 aromatic heterocycles. The molecular weight excluding hydrogens is 909 g/mol. The second kappa shape index (κ2) is 63.6. The van der Waals surface area contributed by atoms with Gasteiger partial charge in [-0.3, -0.25) is 9.59 Å². The third-order valence-electron chi connectivity index (χ3n) is 13.2. The van der Waals surface area contributed by atoms with Gasteiger partial charge in [-0.25, -0.2) is 0 Å². The van der Waals surface area contributed by atoms with Gasteiger partial charge in [-0.2, -0.15) is 0 Å². The van der Waals surface area contributed by atoms with E-state index in [4.69, 9.17) is 9.47 Å². The van der Waals surface area contributed by atoms with Gasteiger partial charge in [0, 0.05) is 12.8 Å². The molecule has 0 aliphatic rings. The summed E-state index contributed by atoms with van der Waals surface area (Å²) in [6, 6.07) is 0. The van der Waals surface area contributed by atoms with Gasteiger partial charge in [0.15, 0.2) is 6.10 Å². The maximum absolute atomic E-state index is 12.3. The Balaban J connectivity index is 3.55. The molecule has 0 spiro atoms. The van der Waals surface area contributed by atoms with Crippen molar-refractivity contribution in [1.29, 1.82) is 0 Å². The molecule has 1 atom stereocenters. The van der Waals surface area contributed by atoms with Gasteiger partial charge in [0.2, 0.25) is 0 Å². The Hall–Kier alpha value is -3.70. The largest absolute Gasteiger partial charge is 0.462 e. The first-order valence-electron chi connectivity index (χ1n) is 31.1. The van der Waals surface area contributed by atoms with Crippen molar-refractivity contribution in [2.75, 3.05) is 13.2 Å². The molecule has 74 heavy (non-hydrogen) atoms. The highest BCUT2D eigenvalue weighted by Gasteiger charge is 2.16. The number of carbonyl (C=O) groups is 2. The van der Waals surface area contributed by atoms with E-state index >= 15 is 0 Å². The molecule has 0 aliphatic heterocycles. The van der Waals surface area contributed by atoms with Crippen LogP contribution in [0, 0.1) is 0 Å². The van der Waals surface area contributed by atoms with E-state index in [0.29, 0.717) is 12.8 Å². The number of ether oxygens (including phenoxy) is 2. The Bertz CT molecular complexity index is 1490. The SMILES string of the molecule is CC/C=C\C/C=C\C/C=C\C/C=C\C/C=C\C/C=C\C/C=C\C/C=C\CCCCC(=O)OC(CO)COC(=O)CCCCCCCCCCCCCCCCCCCCCCC/C=C\C/C=C\CCCCCCC. The van der Waals surface area contributed by atoms with Crippen LogP contribution in [0.3, 0.4) is 0 Å². The topological polar surface area (TPSA) is 72.8 Å². The summed E-state index contributed by atoms with van der Waals surface area (Å²) in [5.41, 5.74) is 0. The minimum absolute atomic E-state index is 0.0886. The Morgan fingerprint density at radius 3 is 0.905 bits per heavy atom. The van der Waals surface area contributed by atoms with Crippen LogP contribution in [0.1, 0.15) is 284 Å². The molecule has 422 valence electrons. The fourth-order valence-electron chi connectivity index (χ4n) is 8.60. The molecule has 0 bridgehead atoms. The van der Waals surface area contributed by atoms with Crippen LogP contribution in [0.2, 0.25) is 0 Å². The molecule has 0 heterocycles. The summed E-state index contributed by atoms with van der Waals surface area (Å²) in [5.74, 6) is -0.640. The number of allylic oxidation sites excluding steroid dienone is 20. The maximum Gasteiger partial charge on any atom is 0.306 e. The van der Waals surface area contributed by atoms with Crippen molar-refractivity contribution < 1.29 is 24.2 Å². The summed E-state index contributed by atoms with van der Waals surface area (Å²) in [5, 5.41) is 9.67. The molecule has 0 aromatic carbocycles. The number of aliphatic hydroxyl groups excluding tert-OH is 1. The van der Waals surface area contributed by atoms with Crippen LogP contribution in [0.4, 0.5) is 0 Å². The van der Waals surface area contributed by atoms with E-state index in [0.717, 1.165) is 96.3 Å². The molecule has 1 unspecified atom stereocenters. The molecule has 0 saturated carbocycles. The highest BCUT2D eigenvalue weighted by atomic mass is 16.6. The van der Waals surface area contributed by atoms with Crippen LogP contribution in [0.25, 0.3) is 0 Å². The number of hydrogen-bond acceptors (Lipinski definition) is 5. The lowest BCUT2D eigenvalue weighted by Crippen LogP contribution is -2.28. The Morgan fingerprint density at radius 1 is 0.324 bits per heavy atom. The molecule has 0 amide bonds. The maximum atomic E-state index is 12.3. The number of esters is 2. The van der Waals surface area contributed by atoms with E-state index in [1.165, 1.54) is 161 Å². The van der Waals surface area contributed by atoms with Gasteiger partial charge >= 0.3 is 11.9 Å². The van der Waals surface area contributed by atoms with Gasteiger partial charge in [0.25, 0.3) is 0 Å². The van der Waals surface area contributed by atoms with Crippen LogP contribution in [-0.2, 0) is 19.1 Å². The van der Waals surface area contributed by atoms with Crippen LogP contribution in [0.15, 0.2) is 122 Å². The van der Waals surface area contributed by atoms with Crippen molar-refractivity contribution in [2.24, 2.45) is 0 Å². The van der Waals surface area contributed by atoms with Gasteiger partial charge < -0.3 is 14.6 Å². The van der Waals surface area contributed by atoms with E-state index in [1.54, 1.807) is 0 Å². The number of aliphatic hydroxyl groups is 1. The van der Waals surface area contributed by atoms with Gasteiger partial charge in [0.1, 0.15) is 6.61 Å². The lowest BCUT2D eigenvalue weighted by molar-refractivity contribution is -0.161. The van der Waals surface area contributed by atoms with Crippen LogP contribution in [-0.4, -0.2) is 36.4 Å². The number of rotatable bonds is 56. The minimum atomic E-state index is -0.804. The zero-order valence-corrected chi connectivity index (χ0v) is 48.3. The predicted octanol–water partition coefficient (Wildman–Crippen LogP) is 21.4. The monoisotopic (exact) mass is 1020 g/mol. The molecular formula is C69H116O5. The van der Waals surface area contributed by atoms with Crippen LogP contribution in [0.5, 0.6) is 0 Å². The molecule has 0 saturated heterocycles. The highest BCUT2D eigenvalue weighted by Crippen LogP contribution is 2.16. The fraction of sp³-hybridized carbons (Fsp3) is 0.681. The molecule has 0 fully saturated rings. The summed E-state index contributed by atoms with van der Waals surface area (Å²) in [4.78, 5) is 24.6. The second-order valence-electron chi connectivity index (χ2n) is 20.4. The van der Waals surface area contributed by atoms with Crippen LogP contribution < -0.4 is 0 Å². The summed E-state index contributed by atoms with van der Waals surface area (Å²) < 4.78 is 10.7. The van der Waals surface area contributed by atoms with Crippen molar-refractivity contribution in [3.05, 3.63) is 122 Å². The number of unbranched alkanes of at least 4 members (excludes halogenated alkanes) is 28. The quantitative estimate of drug-likeness (QED) is 0.0373. The lowest BCUT2D eigenvalue weighted by atomic mass is 10.0. The van der Waals surface area contributed by atoms with Crippen molar-refractivity contribution in [3.63, 3.8) is 0 Å². The standard InChI is InChI=1S/C69H116O5/c1-3-5-7-9-11-13-15-17-19-21-23-25-27-29-31-32-33-34-35-36-38-39-41-43-45-47-49-51-53-55-57-59-61-63-68(71)73-66-67(65-70)74-69(72)64-62-60-58-56-54-52-50-48-46-44-42-40-37-30-28-26-24-22-20-18-16-14-12-10-8-6-4-2/h6,8,12,14-15,17-18,20-21,23-24,26,30,37,42,44,48,50,54,56,67,70H,3-5,7,9-11,13,16,19,22,25,27-29,31-36,38-41,43,45-47,49,51-53,55,57-66H2,1-2H3/b8-6-,14-12-,17-15-,20-18-,23-21-,26-24-,37-30-,44-42-,50-48-,56-54-. The normalized spacial score (nSPS) is 13.1. The molecule has 0 aromatic rings. The molecule has 1 N–H and O–H groups in total. The summed E-state index contributed by atoms with van der Waals surface area (Å²) in [7, 11) is 0. The smallest absolute Gasteiger partial charge is 0.306 e. The minimum Gasteiger partial charge on any atom is -0.462 e. The first kappa shape index (κ1) is 70.3. The molecule has 0 radical (unpaired) electrons. The average Bonchev–Trinajstić information content (AvgIpc) is 3.40. The van der Waals surface area contributed by atoms with Crippen molar-refractivity contribution >= 4 is 11.9 Å². The summed E-state index contributed by atoms with van der Waals surface area (Å²) >= 11 is 0. The zero-order chi connectivity index (χ0) is 53.4. The van der Waals surface area contributed by atoms with Gasteiger partial charge in [-0.05, 0) is 109 Å². The number of hydrogen-bond donors (Lipinski definition) is 1. The van der Waals surface area contributed by atoms with Crippen molar-refractivity contribution in [2.45, 2.75) is 290 Å². The predicted molar refractivity (Wildman–Crippen MR) is 325 cm³/mol. The molecule has 0 aliphatic carbocycles. The summed E-state index contributed by atoms with van der Waals surface area (Å²) in [6.45, 7) is 4.00. The first-order valence-corrected chi connectivity index (χ1v) is 31.1. The average molecular weight is 1030 g/mol. The summed E-state index contributed by atoms with van der Waals surface area (Å²) in [6.07, 6.45) is 93.4. The lowest BCUT2D eigenvalue weighted by Gasteiger charge is -2.15. The van der Waals surface area contributed by atoms with Gasteiger partial charge in [-0.15, -0.1) is 0 Å². The number of carbonyl (C=O) groups excluding carboxylic acids is 2. The molecule has 5 heteroatoms. The Kier molecular flexibility index (Phi) is 60.4. The first-order chi connectivity index (χ1) is 36.6.